The van der Waals surface area contributed by atoms with Crippen molar-refractivity contribution in [1.29, 1.82) is 5.41 Å². The van der Waals surface area contributed by atoms with Crippen molar-refractivity contribution in [2.45, 2.75) is 227 Å². The highest BCUT2D eigenvalue weighted by Gasteiger charge is 2.47. The first-order valence-corrected chi connectivity index (χ1v) is 47.0. The minimum Gasteiger partial charge on any atom is -0.508 e. The van der Waals surface area contributed by atoms with Crippen LogP contribution < -0.4 is 75.7 Å². The number of aliphatic hydroxyl groups is 2. The fraction of sp³-hybridized carbons (Fsp3) is 0.505. The van der Waals surface area contributed by atoms with Crippen molar-refractivity contribution in [3.63, 3.8) is 0 Å². The number of benzene rings is 3. The van der Waals surface area contributed by atoms with Crippen LogP contribution in [0, 0.1) is 5.41 Å². The number of nitrogens with one attached hydrogen (secondary N) is 14. The van der Waals surface area contributed by atoms with Crippen molar-refractivity contribution in [2.75, 3.05) is 65.4 Å². The van der Waals surface area contributed by atoms with Gasteiger partial charge in [0.2, 0.25) is 100 Å². The Morgan fingerprint density at radius 1 is 0.550 bits per heavy atom. The second-order valence-electron chi connectivity index (χ2n) is 34.8. The Hall–Kier alpha value is -14.8. The number of aromatic hydroxyl groups is 1. The van der Waals surface area contributed by atoms with E-state index in [4.69, 9.17) is 22.6 Å². The average molecular weight is 1970 g/mol. The van der Waals surface area contributed by atoms with Crippen LogP contribution in [0.2, 0.25) is 0 Å². The molecule has 1 unspecified atom stereocenters. The van der Waals surface area contributed by atoms with Crippen LogP contribution in [0.4, 0.5) is 0 Å². The highest BCUT2D eigenvalue weighted by atomic mass is 32.2. The summed E-state index contributed by atoms with van der Waals surface area (Å²) >= 11 is 0.726. The third kappa shape index (κ3) is 30.1. The number of phenolic OH excluding ortho intramolecular Hbond substituents is 1. The van der Waals surface area contributed by atoms with Gasteiger partial charge in [-0.05, 0) is 86.4 Å². The number of aromatic amines is 2. The largest absolute Gasteiger partial charge is 0.508 e. The van der Waals surface area contributed by atoms with E-state index < -0.39 is 285 Å². The summed E-state index contributed by atoms with van der Waals surface area (Å²) in [6, 6.07) is -5.30. The molecule has 3 aliphatic heterocycles. The van der Waals surface area contributed by atoms with Gasteiger partial charge in [0, 0.05) is 125 Å². The fourth-order valence-electron chi connectivity index (χ4n) is 16.9. The molecule has 3 aromatic carbocycles. The number of aliphatic carboxylic acids is 2. The molecule has 0 bridgehead atoms. The first-order chi connectivity index (χ1) is 66.6. The van der Waals surface area contributed by atoms with Gasteiger partial charge < -0.3 is 140 Å². The zero-order valence-electron chi connectivity index (χ0n) is 78.3. The Morgan fingerprint density at radius 3 is 1.76 bits per heavy atom. The number of para-hydroxylation sites is 2. The van der Waals surface area contributed by atoms with Gasteiger partial charge in [0.05, 0.1) is 44.2 Å². The molecule has 17 amide bonds. The van der Waals surface area contributed by atoms with Gasteiger partial charge in [-0.25, -0.2) is 4.98 Å². The molecule has 0 spiro atoms. The van der Waals surface area contributed by atoms with Gasteiger partial charge in [0.25, 0.3) is 0 Å². The molecule has 0 saturated carbocycles. The summed E-state index contributed by atoms with van der Waals surface area (Å²) < 4.78 is 1.38. The molecule has 6 aromatic rings. The number of carboxylic acid groups (broad SMARTS) is 2. The number of fused-ring (bicyclic) bond motifs is 4. The maximum absolute atomic E-state index is 15.9. The van der Waals surface area contributed by atoms with Gasteiger partial charge in [-0.1, -0.05) is 88.1 Å². The number of imidazole rings is 1. The molecule has 3 aliphatic rings. The van der Waals surface area contributed by atoms with Gasteiger partial charge in [-0.2, -0.15) is 0 Å². The third-order valence-corrected chi connectivity index (χ3v) is 25.5. The minimum absolute atomic E-state index is 0.00649. The lowest BCUT2D eigenvalue weighted by atomic mass is 10.00. The summed E-state index contributed by atoms with van der Waals surface area (Å²) in [5.74, 6) is -22.7. The molecule has 48 nitrogen and oxygen atoms in total. The third-order valence-electron chi connectivity index (χ3n) is 24.5. The first-order valence-electron chi connectivity index (χ1n) is 45.8. The molecular formula is C91H124N24O24S. The topological polar surface area (TPSA) is 725 Å². The van der Waals surface area contributed by atoms with Crippen molar-refractivity contribution in [2.24, 2.45) is 17.2 Å². The molecule has 6 heterocycles. The van der Waals surface area contributed by atoms with Crippen molar-refractivity contribution in [3.8, 4) is 5.75 Å². The molecule has 0 radical (unpaired) electrons. The molecule has 3 aromatic heterocycles. The molecule has 9 rings (SSSR count). The van der Waals surface area contributed by atoms with Crippen LogP contribution in [0.5, 0.6) is 5.75 Å². The second kappa shape index (κ2) is 51.6. The number of nitrogens with zero attached hydrogens (tertiary/aromatic N) is 7. The van der Waals surface area contributed by atoms with Gasteiger partial charge >= 0.3 is 11.9 Å². The number of unbranched alkanes of at least 4 members (excludes halogenated alkanes) is 2. The lowest BCUT2D eigenvalue weighted by molar-refractivity contribution is -0.149. The number of carbonyl (C=O) groups is 19. The monoisotopic (exact) mass is 1970 g/mol. The summed E-state index contributed by atoms with van der Waals surface area (Å²) in [5.41, 5.74) is 18.9. The van der Waals surface area contributed by atoms with E-state index >= 15 is 33.6 Å². The van der Waals surface area contributed by atoms with Crippen LogP contribution in [0.15, 0.2) is 97.7 Å². The van der Waals surface area contributed by atoms with Crippen molar-refractivity contribution < 1.29 is 117 Å². The SMILES string of the molecule is CCCC[C@H]1C(=O)N(C)[C@@H](CCCC)C(=O)N[C@@H](CCCNC(=N)N)C(=O)N[C@H](C(=O)NCC(N)=O)CSCC(=O)N[C@@H](Cc2ccc(O)cc2)C(=O)N(C)[C@@H](C)C(=O)N[C@@H](CC(N)=O)C(=O)N2CCC[C@H]2C(=O)N[C@@H](Cc2cnc[nH]2)C(=O)N[C@@H](CC(=O)O)C(=O)N2C[C@H](O)C[C@H]2C(=O)N[C@@H](Cc2c[nH]c3ccccc23)C(=O)N[C@@H](CO)C(=O)NC(Cc2cn(CC(=O)O)c3ccccc23)C(=O)N1C. The molecule has 3 saturated heterocycles. The Morgan fingerprint density at radius 2 is 1.12 bits per heavy atom. The Bertz CT molecular complexity index is 5500. The summed E-state index contributed by atoms with van der Waals surface area (Å²) in [7, 11) is 3.72. The lowest BCUT2D eigenvalue weighted by Gasteiger charge is -2.36. The number of H-pyrrole nitrogens is 2. The average Bonchev–Trinajstić information content (AvgIpc) is 1.63. The van der Waals surface area contributed by atoms with Crippen molar-refractivity contribution in [3.05, 3.63) is 120 Å². The number of thioether (sulfide) groups is 1. The van der Waals surface area contributed by atoms with E-state index in [-0.39, 0.29) is 87.9 Å². The number of aliphatic hydroxyl groups excluding tert-OH is 2. The number of guanidine groups is 1. The van der Waals surface area contributed by atoms with Crippen LogP contribution in [0.1, 0.15) is 127 Å². The summed E-state index contributed by atoms with van der Waals surface area (Å²) in [6.45, 7) is 1.32. The number of rotatable bonds is 28. The quantitative estimate of drug-likeness (QED) is 0.0124. The lowest BCUT2D eigenvalue weighted by Crippen LogP contribution is -2.62. The molecule has 15 atom stereocenters. The van der Waals surface area contributed by atoms with Crippen molar-refractivity contribution in [1.82, 2.24) is 103 Å². The standard InChI is InChI=1S/C91H124N24O24S/c1-7-9-21-68-83(132)102-58(20-15-29-97-91(94)95)79(128)109-66(78(127)99-40-73(93)120)45-140-46-74(121)101-61(31-49-25-27-53(117)28-26-49)86(135)110(4)48(3)77(126)105-63(36-72(92)119)88(137)114-30-16-24-69(114)84(133)104-60(34-52-39-96-47-100-52)81(130)107-64(37-75(122)123)89(138)115-42-54(118)35-71(115)85(134)103-59(32-50-38-98-57-19-13-11-17-55(50)57)80(129)108-65(44-116)82(131)106-62(87(136)112(6)70(22-10-8-2)90(139)111(68)5)33-51-41-113(43-76(124)125)67-23-14-12-18-56(51)67/h11-14,17-19,23,25-28,38-39,41,47-48,54,58-66,68-71,98,116-118H,7-10,15-16,20-22,24,29-37,40,42-46H2,1-6H3,(H2,92,119)(H2,93,120)(H,96,100)(H,99,127)(H,101,121)(H,102,132)(H,103,134)(H,104,133)(H,105,126)(H,106,131)(H,107,130)(H,108,129)(H,109,128)(H,122,123)(H,124,125)(H4,94,95,97)/t48-,54+,58-,59-,60-,61-,62?,63-,64-,65-,66-,68-,69-,70-,71-/m0/s1. The van der Waals surface area contributed by atoms with E-state index in [1.54, 1.807) is 62.4 Å². The van der Waals surface area contributed by atoms with Gasteiger partial charge in [-0.15, -0.1) is 11.8 Å². The smallest absolute Gasteiger partial charge is 0.323 e. The molecule has 3 fully saturated rings. The molecular weight excluding hydrogens is 1850 g/mol. The highest BCUT2D eigenvalue weighted by Crippen LogP contribution is 2.29. The zero-order chi connectivity index (χ0) is 102. The molecule has 25 N–H and O–H groups in total. The predicted octanol–water partition coefficient (Wildman–Crippen LogP) is -4.94. The second-order valence-corrected chi connectivity index (χ2v) is 35.8. The number of aromatic nitrogens is 4. The van der Waals surface area contributed by atoms with E-state index in [1.165, 1.54) is 81.8 Å². The van der Waals surface area contributed by atoms with Gasteiger partial charge in [0.15, 0.2) is 5.96 Å². The number of likely N-dealkylation sites (N-methyl/N-ethyl adjacent to an activating group) is 3. The van der Waals surface area contributed by atoms with E-state index in [0.29, 0.717) is 45.8 Å². The fourth-order valence-corrected chi connectivity index (χ4v) is 17.8. The van der Waals surface area contributed by atoms with Crippen LogP contribution >= 0.6 is 11.8 Å². The number of amides is 17. The minimum atomic E-state index is -2.12. The normalized spacial score (nSPS) is 24.2. The van der Waals surface area contributed by atoms with Crippen LogP contribution in [0.25, 0.3) is 21.8 Å². The van der Waals surface area contributed by atoms with E-state index in [2.05, 4.69) is 73.4 Å². The van der Waals surface area contributed by atoms with Crippen LogP contribution in [0.3, 0.4) is 0 Å². The zero-order valence-corrected chi connectivity index (χ0v) is 79.2. The molecule has 0 aliphatic carbocycles. The number of hydrogen-bond acceptors (Lipinski definition) is 25. The number of primary amides is 2. The number of nitrogens with two attached hydrogens (primary N) is 3. The van der Waals surface area contributed by atoms with E-state index in [1.807, 2.05) is 0 Å². The predicted molar refractivity (Wildman–Crippen MR) is 504 cm³/mol. The van der Waals surface area contributed by atoms with E-state index in [0.717, 1.165) is 36.3 Å². The maximum atomic E-state index is 15.9. The molecule has 758 valence electrons. The van der Waals surface area contributed by atoms with Gasteiger partial charge in [-0.3, -0.25) is 96.5 Å². The summed E-state index contributed by atoms with van der Waals surface area (Å²) in [4.78, 5) is 290. The Kier molecular flexibility index (Phi) is 40.1. The van der Waals surface area contributed by atoms with E-state index in [9.17, 15) is 83.1 Å². The number of hydrogen-bond donors (Lipinski definition) is 22. The van der Waals surface area contributed by atoms with Crippen LogP contribution in [-0.4, -0.2) is 344 Å². The van der Waals surface area contributed by atoms with Crippen LogP contribution in [-0.2, 0) is 123 Å². The molecule has 140 heavy (non-hydrogen) atoms. The highest BCUT2D eigenvalue weighted by molar-refractivity contribution is 8.00. The first kappa shape index (κ1) is 109. The Labute approximate surface area is 808 Å². The summed E-state index contributed by atoms with van der Waals surface area (Å²) in [6.07, 6.45) is 0.485. The Balaban J connectivity index is 1.12. The number of phenols is 1. The van der Waals surface area contributed by atoms with Crippen molar-refractivity contribution >= 4 is 152 Å². The van der Waals surface area contributed by atoms with Gasteiger partial charge in [0.1, 0.15) is 96.9 Å². The maximum Gasteiger partial charge on any atom is 0.323 e. The molecule has 49 heteroatoms. The number of carbonyl (C=O) groups excluding carboxylic acids is 17. The summed E-state index contributed by atoms with van der Waals surface area (Å²) in [5, 5.41) is 90.2. The number of carboxylic acids is 2.